The second-order valence-electron chi connectivity index (χ2n) is 3.86. The smallest absolute Gasteiger partial charge is 0.338 e. The summed E-state index contributed by atoms with van der Waals surface area (Å²) >= 11 is 11.6. The van der Waals surface area contributed by atoms with Gasteiger partial charge in [-0.1, -0.05) is 29.3 Å². The summed E-state index contributed by atoms with van der Waals surface area (Å²) in [5, 5.41) is 8.42. The van der Waals surface area contributed by atoms with Crippen LogP contribution in [0.1, 0.15) is 10.4 Å². The monoisotopic (exact) mass is 346 g/mol. The molecule has 0 saturated carbocycles. The van der Waals surface area contributed by atoms with Gasteiger partial charge in [0.2, 0.25) is 0 Å². The number of carboxylic acids is 1. The average molecular weight is 347 g/mol. The van der Waals surface area contributed by atoms with Crippen LogP contribution in [0.15, 0.2) is 41.4 Å². The van der Waals surface area contributed by atoms with Gasteiger partial charge in [0, 0.05) is 6.20 Å². The average Bonchev–Trinajstić information content (AvgIpc) is 2.38. The number of aromatic nitrogens is 1. The zero-order valence-electron chi connectivity index (χ0n) is 10.2. The predicted octanol–water partition coefficient (Wildman–Crippen LogP) is 2.89. The molecule has 0 unspecified atom stereocenters. The summed E-state index contributed by atoms with van der Waals surface area (Å²) in [7, 11) is -4.08. The Hall–Kier alpha value is -1.83. The molecule has 6 nitrogen and oxygen atoms in total. The molecule has 110 valence electrons. The van der Waals surface area contributed by atoms with E-state index in [1.165, 1.54) is 12.3 Å². The van der Waals surface area contributed by atoms with Gasteiger partial charge in [-0.25, -0.2) is 18.2 Å². The van der Waals surface area contributed by atoms with E-state index < -0.39 is 31.5 Å². The molecule has 0 bridgehead atoms. The van der Waals surface area contributed by atoms with Crippen molar-refractivity contribution < 1.29 is 18.3 Å². The van der Waals surface area contributed by atoms with Gasteiger partial charge in [-0.3, -0.25) is 4.72 Å². The van der Waals surface area contributed by atoms with E-state index in [2.05, 4.69) is 9.71 Å². The third-order valence-corrected chi connectivity index (χ3v) is 4.68. The number of carboxylic acid groups (broad SMARTS) is 1. The third kappa shape index (κ3) is 3.26. The summed E-state index contributed by atoms with van der Waals surface area (Å²) in [6, 6.07) is 6.94. The van der Waals surface area contributed by atoms with E-state index in [0.717, 1.165) is 12.1 Å². The molecular weight excluding hydrogens is 339 g/mol. The van der Waals surface area contributed by atoms with Crippen LogP contribution in [0, 0.1) is 0 Å². The fourth-order valence-corrected chi connectivity index (χ4v) is 3.48. The summed E-state index contributed by atoms with van der Waals surface area (Å²) in [5.41, 5.74) is -0.470. The molecule has 0 amide bonds. The lowest BCUT2D eigenvalue weighted by Gasteiger charge is -2.11. The number of halogens is 2. The number of carbonyl (C=O) groups is 1. The van der Waals surface area contributed by atoms with E-state index in [0.29, 0.717) is 0 Å². The van der Waals surface area contributed by atoms with Crippen LogP contribution in [0.3, 0.4) is 0 Å². The van der Waals surface area contributed by atoms with E-state index in [-0.39, 0.29) is 10.8 Å². The Morgan fingerprint density at radius 2 is 1.90 bits per heavy atom. The van der Waals surface area contributed by atoms with E-state index in [9.17, 15) is 13.2 Å². The van der Waals surface area contributed by atoms with Crippen molar-refractivity contribution in [1.82, 2.24) is 4.98 Å². The molecule has 2 N–H and O–H groups in total. The minimum atomic E-state index is -4.08. The zero-order chi connectivity index (χ0) is 15.6. The van der Waals surface area contributed by atoms with Crippen molar-refractivity contribution in [2.45, 2.75) is 4.90 Å². The maximum Gasteiger partial charge on any atom is 0.338 e. The second kappa shape index (κ2) is 5.88. The van der Waals surface area contributed by atoms with E-state index in [1.807, 2.05) is 0 Å². The van der Waals surface area contributed by atoms with Gasteiger partial charge in [0.1, 0.15) is 10.7 Å². The standard InChI is InChI=1S/C12H8Cl2N2O4S/c13-7-4-5-8(11(14)10(7)12(17)18)21(19,20)16-9-3-1-2-6-15-9/h1-6H,(H,15,16)(H,17,18). The first-order chi connectivity index (χ1) is 9.83. The van der Waals surface area contributed by atoms with Crippen molar-refractivity contribution >= 4 is 45.0 Å². The Morgan fingerprint density at radius 1 is 1.19 bits per heavy atom. The van der Waals surface area contributed by atoms with E-state index >= 15 is 0 Å². The molecule has 0 aliphatic carbocycles. The number of nitrogens with zero attached hydrogens (tertiary/aromatic N) is 1. The highest BCUT2D eigenvalue weighted by molar-refractivity contribution is 7.92. The number of pyridine rings is 1. The van der Waals surface area contributed by atoms with Crippen LogP contribution in [0.5, 0.6) is 0 Å². The Morgan fingerprint density at radius 3 is 2.48 bits per heavy atom. The largest absolute Gasteiger partial charge is 0.478 e. The fourth-order valence-electron chi connectivity index (χ4n) is 1.55. The maximum absolute atomic E-state index is 12.2. The lowest BCUT2D eigenvalue weighted by molar-refractivity contribution is 0.0697. The number of sulfonamides is 1. The van der Waals surface area contributed by atoms with Crippen LogP contribution in [-0.2, 0) is 10.0 Å². The molecule has 0 radical (unpaired) electrons. The molecule has 0 aliphatic heterocycles. The van der Waals surface area contributed by atoms with Gasteiger partial charge in [0.05, 0.1) is 15.6 Å². The van der Waals surface area contributed by atoms with Crippen LogP contribution in [-0.4, -0.2) is 24.5 Å². The summed E-state index contributed by atoms with van der Waals surface area (Å²) in [6.45, 7) is 0. The molecule has 0 saturated heterocycles. The molecule has 1 heterocycles. The maximum atomic E-state index is 12.2. The molecule has 0 fully saturated rings. The van der Waals surface area contributed by atoms with Gasteiger partial charge < -0.3 is 5.11 Å². The van der Waals surface area contributed by atoms with Crippen molar-refractivity contribution in [3.05, 3.63) is 52.1 Å². The van der Waals surface area contributed by atoms with Crippen LogP contribution < -0.4 is 4.72 Å². The molecule has 0 spiro atoms. The molecule has 1 aromatic carbocycles. The number of anilines is 1. The first-order valence-corrected chi connectivity index (χ1v) is 7.72. The van der Waals surface area contributed by atoms with Crippen LogP contribution >= 0.6 is 23.2 Å². The first kappa shape index (κ1) is 15.6. The highest BCUT2D eigenvalue weighted by Gasteiger charge is 2.25. The van der Waals surface area contributed by atoms with Crippen LogP contribution in [0.4, 0.5) is 5.82 Å². The van der Waals surface area contributed by atoms with Gasteiger partial charge >= 0.3 is 5.97 Å². The number of nitrogens with one attached hydrogen (secondary N) is 1. The van der Waals surface area contributed by atoms with Gasteiger partial charge in [0.25, 0.3) is 10.0 Å². The van der Waals surface area contributed by atoms with Gasteiger partial charge in [0.15, 0.2) is 0 Å². The molecular formula is C12H8Cl2N2O4S. The summed E-state index contributed by atoms with van der Waals surface area (Å²) in [5.74, 6) is -1.33. The molecule has 9 heteroatoms. The topological polar surface area (TPSA) is 96.4 Å². The lowest BCUT2D eigenvalue weighted by Crippen LogP contribution is -2.15. The Labute approximate surface area is 130 Å². The van der Waals surface area contributed by atoms with Crippen LogP contribution in [0.2, 0.25) is 10.0 Å². The van der Waals surface area contributed by atoms with Crippen molar-refractivity contribution in [3.63, 3.8) is 0 Å². The zero-order valence-corrected chi connectivity index (χ0v) is 12.6. The fraction of sp³-hybridized carbons (Fsp3) is 0. The minimum absolute atomic E-state index is 0.0837. The molecule has 2 aromatic rings. The molecule has 21 heavy (non-hydrogen) atoms. The summed E-state index contributed by atoms with van der Waals surface area (Å²) in [6.07, 6.45) is 1.41. The van der Waals surface area contributed by atoms with E-state index in [1.54, 1.807) is 12.1 Å². The molecule has 0 atom stereocenters. The summed E-state index contributed by atoms with van der Waals surface area (Å²) < 4.78 is 26.7. The molecule has 1 aromatic heterocycles. The quantitative estimate of drug-likeness (QED) is 0.887. The number of aromatic carboxylic acids is 1. The highest BCUT2D eigenvalue weighted by Crippen LogP contribution is 2.31. The lowest BCUT2D eigenvalue weighted by atomic mass is 10.2. The van der Waals surface area contributed by atoms with Crippen molar-refractivity contribution in [2.24, 2.45) is 0 Å². The van der Waals surface area contributed by atoms with Crippen molar-refractivity contribution in [3.8, 4) is 0 Å². The summed E-state index contributed by atoms with van der Waals surface area (Å²) in [4.78, 5) is 14.5. The highest BCUT2D eigenvalue weighted by atomic mass is 35.5. The van der Waals surface area contributed by atoms with Crippen molar-refractivity contribution in [2.75, 3.05) is 4.72 Å². The van der Waals surface area contributed by atoms with Gasteiger partial charge in [-0.2, -0.15) is 0 Å². The number of hydrogen-bond acceptors (Lipinski definition) is 4. The Bertz CT molecular complexity index is 794. The van der Waals surface area contributed by atoms with Gasteiger partial charge in [-0.15, -0.1) is 0 Å². The van der Waals surface area contributed by atoms with Crippen molar-refractivity contribution in [1.29, 1.82) is 0 Å². The van der Waals surface area contributed by atoms with Gasteiger partial charge in [-0.05, 0) is 24.3 Å². The molecule has 0 aliphatic rings. The first-order valence-electron chi connectivity index (χ1n) is 5.48. The number of rotatable bonds is 4. The number of benzene rings is 1. The van der Waals surface area contributed by atoms with Crippen LogP contribution in [0.25, 0.3) is 0 Å². The Balaban J connectivity index is 2.51. The SMILES string of the molecule is O=C(O)c1c(Cl)ccc(S(=O)(=O)Nc2ccccn2)c1Cl. The predicted molar refractivity (Wildman–Crippen MR) is 78.5 cm³/mol. The Kier molecular flexibility index (Phi) is 4.36. The number of hydrogen-bond donors (Lipinski definition) is 2. The normalized spacial score (nSPS) is 11.1. The molecule has 2 rings (SSSR count). The third-order valence-electron chi connectivity index (χ3n) is 2.46. The second-order valence-corrected chi connectivity index (χ2v) is 6.30. The van der Waals surface area contributed by atoms with E-state index in [4.69, 9.17) is 28.3 Å². The minimum Gasteiger partial charge on any atom is -0.478 e.